The lowest BCUT2D eigenvalue weighted by Crippen LogP contribution is -2.20. The van der Waals surface area contributed by atoms with E-state index in [9.17, 15) is 4.79 Å². The van der Waals surface area contributed by atoms with Gasteiger partial charge in [-0.3, -0.25) is 4.79 Å². The van der Waals surface area contributed by atoms with Crippen molar-refractivity contribution in [2.45, 2.75) is 6.54 Å². The van der Waals surface area contributed by atoms with Crippen molar-refractivity contribution in [2.75, 3.05) is 6.61 Å². The van der Waals surface area contributed by atoms with Gasteiger partial charge in [-0.15, -0.1) is 0 Å². The average Bonchev–Trinajstić information content (AvgIpc) is 2.09. The minimum atomic E-state index is -0.102. The molecule has 64 valence electrons. The summed E-state index contributed by atoms with van der Waals surface area (Å²) in [5, 5.41) is 8.62. The van der Waals surface area contributed by atoms with Crippen molar-refractivity contribution in [3.63, 3.8) is 0 Å². The first-order chi connectivity index (χ1) is 5.77. The van der Waals surface area contributed by atoms with E-state index in [1.807, 2.05) is 0 Å². The van der Waals surface area contributed by atoms with Crippen molar-refractivity contribution in [3.8, 4) is 0 Å². The molecular formula is C9H11NO2. The molecule has 1 heterocycles. The van der Waals surface area contributed by atoms with Gasteiger partial charge in [0.15, 0.2) is 0 Å². The molecule has 3 nitrogen and oxygen atoms in total. The molecular weight excluding hydrogens is 154 g/mol. The topological polar surface area (TPSA) is 42.2 Å². The van der Waals surface area contributed by atoms with Gasteiger partial charge < -0.3 is 9.67 Å². The summed E-state index contributed by atoms with van der Waals surface area (Å²) >= 11 is 0. The zero-order chi connectivity index (χ0) is 8.97. The number of pyridine rings is 1. The van der Waals surface area contributed by atoms with Gasteiger partial charge in [-0.25, -0.2) is 0 Å². The summed E-state index contributed by atoms with van der Waals surface area (Å²) in [4.78, 5) is 11.1. The van der Waals surface area contributed by atoms with Gasteiger partial charge in [0.05, 0.1) is 6.61 Å². The van der Waals surface area contributed by atoms with Crippen LogP contribution in [0.2, 0.25) is 0 Å². The minimum absolute atomic E-state index is 0.0273. The van der Waals surface area contributed by atoms with Crippen molar-refractivity contribution in [1.29, 1.82) is 0 Å². The molecule has 0 fully saturated rings. The Morgan fingerprint density at radius 3 is 2.92 bits per heavy atom. The summed E-state index contributed by atoms with van der Waals surface area (Å²) in [6.45, 7) is 3.89. The molecule has 0 bridgehead atoms. The molecule has 0 atom stereocenters. The van der Waals surface area contributed by atoms with Crippen LogP contribution in [0.1, 0.15) is 5.56 Å². The molecule has 1 N–H and O–H groups in total. The molecule has 12 heavy (non-hydrogen) atoms. The third-order valence-electron chi connectivity index (χ3n) is 1.58. The Hall–Kier alpha value is -1.35. The maximum atomic E-state index is 11.1. The third-order valence-corrected chi connectivity index (χ3v) is 1.58. The first-order valence-electron chi connectivity index (χ1n) is 3.71. The second-order valence-corrected chi connectivity index (χ2v) is 2.42. The number of aromatic nitrogens is 1. The summed E-state index contributed by atoms with van der Waals surface area (Å²) in [5.41, 5.74) is 0.776. The zero-order valence-corrected chi connectivity index (χ0v) is 6.73. The van der Waals surface area contributed by atoms with Crippen molar-refractivity contribution >= 4 is 6.08 Å². The van der Waals surface area contributed by atoms with E-state index in [1.165, 1.54) is 10.6 Å². The molecule has 0 aliphatic carbocycles. The maximum Gasteiger partial charge on any atom is 0.250 e. The van der Waals surface area contributed by atoms with Crippen LogP contribution >= 0.6 is 0 Å². The number of aliphatic hydroxyl groups is 1. The molecule has 0 saturated carbocycles. The van der Waals surface area contributed by atoms with Crippen LogP contribution in [-0.2, 0) is 6.54 Å². The SMILES string of the molecule is C=Cc1ccc(=O)n(CCO)c1. The minimum Gasteiger partial charge on any atom is -0.395 e. The van der Waals surface area contributed by atoms with Crippen LogP contribution in [0.3, 0.4) is 0 Å². The Morgan fingerprint density at radius 1 is 1.58 bits per heavy atom. The highest BCUT2D eigenvalue weighted by molar-refractivity contribution is 5.44. The smallest absolute Gasteiger partial charge is 0.250 e. The summed E-state index contributed by atoms with van der Waals surface area (Å²) in [7, 11) is 0. The normalized spacial score (nSPS) is 9.75. The quantitative estimate of drug-likeness (QED) is 0.708. The first kappa shape index (κ1) is 8.74. The van der Waals surface area contributed by atoms with Gasteiger partial charge in [-0.05, 0) is 11.6 Å². The maximum absolute atomic E-state index is 11.1. The van der Waals surface area contributed by atoms with Crippen LogP contribution in [0.5, 0.6) is 0 Å². The zero-order valence-electron chi connectivity index (χ0n) is 6.73. The van der Waals surface area contributed by atoms with Crippen LogP contribution in [0, 0.1) is 0 Å². The fraction of sp³-hybridized carbons (Fsp3) is 0.222. The summed E-state index contributed by atoms with van der Waals surface area (Å²) in [6, 6.07) is 3.16. The molecule has 1 aromatic rings. The number of hydrogen-bond donors (Lipinski definition) is 1. The highest BCUT2D eigenvalue weighted by Crippen LogP contribution is 1.96. The van der Waals surface area contributed by atoms with Crippen molar-refractivity contribution in [2.24, 2.45) is 0 Å². The Morgan fingerprint density at radius 2 is 2.33 bits per heavy atom. The highest BCUT2D eigenvalue weighted by Gasteiger charge is 1.94. The lowest BCUT2D eigenvalue weighted by molar-refractivity contribution is 0.274. The molecule has 0 radical (unpaired) electrons. The van der Waals surface area contributed by atoms with Crippen molar-refractivity contribution < 1.29 is 5.11 Å². The summed E-state index contributed by atoms with van der Waals surface area (Å²) in [6.07, 6.45) is 3.33. The molecule has 0 aliphatic rings. The van der Waals surface area contributed by atoms with E-state index >= 15 is 0 Å². The van der Waals surface area contributed by atoms with Crippen LogP contribution < -0.4 is 5.56 Å². The van der Waals surface area contributed by atoms with E-state index in [0.717, 1.165) is 5.56 Å². The predicted molar refractivity (Wildman–Crippen MR) is 47.9 cm³/mol. The van der Waals surface area contributed by atoms with E-state index in [0.29, 0.717) is 6.54 Å². The molecule has 0 saturated heterocycles. The molecule has 0 aliphatic heterocycles. The van der Waals surface area contributed by atoms with Gasteiger partial charge in [0.25, 0.3) is 5.56 Å². The summed E-state index contributed by atoms with van der Waals surface area (Å²) < 4.78 is 1.46. The van der Waals surface area contributed by atoms with Gasteiger partial charge in [-0.2, -0.15) is 0 Å². The average molecular weight is 165 g/mol. The molecule has 0 aromatic carbocycles. The standard InChI is InChI=1S/C9H11NO2/c1-2-8-3-4-9(12)10(7-8)5-6-11/h2-4,7,11H,1,5-6H2. The molecule has 3 heteroatoms. The van der Waals surface area contributed by atoms with Gasteiger partial charge >= 0.3 is 0 Å². The fourth-order valence-electron chi connectivity index (χ4n) is 0.953. The number of nitrogens with zero attached hydrogens (tertiary/aromatic N) is 1. The largest absolute Gasteiger partial charge is 0.395 e. The predicted octanol–water partition coefficient (Wildman–Crippen LogP) is 0.484. The van der Waals surface area contributed by atoms with Crippen LogP contribution in [0.15, 0.2) is 29.7 Å². The number of rotatable bonds is 3. The van der Waals surface area contributed by atoms with Crippen LogP contribution in [0.4, 0.5) is 0 Å². The van der Waals surface area contributed by atoms with Gasteiger partial charge in [0, 0.05) is 18.8 Å². The van der Waals surface area contributed by atoms with E-state index in [1.54, 1.807) is 18.3 Å². The molecule has 1 aromatic heterocycles. The van der Waals surface area contributed by atoms with Crippen LogP contribution in [-0.4, -0.2) is 16.3 Å². The van der Waals surface area contributed by atoms with Gasteiger partial charge in [-0.1, -0.05) is 12.7 Å². The van der Waals surface area contributed by atoms with E-state index < -0.39 is 0 Å². The Balaban J connectivity index is 3.08. The molecule has 0 unspecified atom stereocenters. The second-order valence-electron chi connectivity index (χ2n) is 2.42. The third kappa shape index (κ3) is 1.83. The van der Waals surface area contributed by atoms with Crippen LogP contribution in [0.25, 0.3) is 6.08 Å². The molecule has 1 rings (SSSR count). The number of aliphatic hydroxyl groups excluding tert-OH is 1. The van der Waals surface area contributed by atoms with E-state index in [4.69, 9.17) is 5.11 Å². The Labute approximate surface area is 70.6 Å². The second kappa shape index (κ2) is 3.88. The highest BCUT2D eigenvalue weighted by atomic mass is 16.3. The van der Waals surface area contributed by atoms with E-state index in [2.05, 4.69) is 6.58 Å². The van der Waals surface area contributed by atoms with Crippen molar-refractivity contribution in [1.82, 2.24) is 4.57 Å². The number of hydrogen-bond acceptors (Lipinski definition) is 2. The Bertz CT molecular complexity index is 328. The molecule has 0 amide bonds. The van der Waals surface area contributed by atoms with Gasteiger partial charge in [0.2, 0.25) is 0 Å². The fourth-order valence-corrected chi connectivity index (χ4v) is 0.953. The van der Waals surface area contributed by atoms with E-state index in [-0.39, 0.29) is 12.2 Å². The lowest BCUT2D eigenvalue weighted by atomic mass is 10.3. The summed E-state index contributed by atoms with van der Waals surface area (Å²) in [5.74, 6) is 0. The lowest BCUT2D eigenvalue weighted by Gasteiger charge is -2.02. The monoisotopic (exact) mass is 165 g/mol. The first-order valence-corrected chi connectivity index (χ1v) is 3.71. The van der Waals surface area contributed by atoms with Gasteiger partial charge in [0.1, 0.15) is 0 Å². The van der Waals surface area contributed by atoms with Crippen molar-refractivity contribution in [3.05, 3.63) is 40.8 Å². The molecule has 0 spiro atoms. The Kier molecular flexibility index (Phi) is 2.82.